The van der Waals surface area contributed by atoms with E-state index in [-0.39, 0.29) is 5.82 Å². The molecular formula is C18H22BrFN4. The van der Waals surface area contributed by atoms with Crippen LogP contribution in [0.2, 0.25) is 0 Å². The van der Waals surface area contributed by atoms with Gasteiger partial charge in [0.2, 0.25) is 0 Å². The molecule has 1 saturated heterocycles. The molecule has 2 heterocycles. The minimum absolute atomic E-state index is 0.150. The Labute approximate surface area is 150 Å². The third kappa shape index (κ3) is 4.24. The van der Waals surface area contributed by atoms with E-state index in [1.807, 2.05) is 24.3 Å². The van der Waals surface area contributed by atoms with Crippen LogP contribution in [0.5, 0.6) is 0 Å². The van der Waals surface area contributed by atoms with E-state index in [9.17, 15) is 4.39 Å². The highest BCUT2D eigenvalue weighted by atomic mass is 79.9. The van der Waals surface area contributed by atoms with Crippen LogP contribution in [-0.2, 0) is 6.54 Å². The Hall–Kier alpha value is -1.66. The summed E-state index contributed by atoms with van der Waals surface area (Å²) in [6.07, 6.45) is 1.74. The highest BCUT2D eigenvalue weighted by Crippen LogP contribution is 2.22. The van der Waals surface area contributed by atoms with Gasteiger partial charge in [-0.1, -0.05) is 13.0 Å². The first kappa shape index (κ1) is 17.2. The number of hydrogen-bond acceptors (Lipinski definition) is 4. The van der Waals surface area contributed by atoms with Gasteiger partial charge in [0, 0.05) is 43.4 Å². The maximum Gasteiger partial charge on any atom is 0.146 e. The lowest BCUT2D eigenvalue weighted by atomic mass is 10.1. The Morgan fingerprint density at radius 2 is 1.96 bits per heavy atom. The lowest BCUT2D eigenvalue weighted by molar-refractivity contribution is 0.270. The first-order chi connectivity index (χ1) is 11.7. The topological polar surface area (TPSA) is 31.4 Å². The second-order valence-electron chi connectivity index (χ2n) is 5.92. The highest BCUT2D eigenvalue weighted by Gasteiger charge is 2.18. The predicted molar refractivity (Wildman–Crippen MR) is 100.0 cm³/mol. The van der Waals surface area contributed by atoms with Gasteiger partial charge in [0.1, 0.15) is 11.6 Å². The number of hydrogen-bond donors (Lipinski definition) is 1. The average Bonchev–Trinajstić information content (AvgIpc) is 2.61. The quantitative estimate of drug-likeness (QED) is 0.839. The van der Waals surface area contributed by atoms with Gasteiger partial charge in [-0.2, -0.15) is 0 Å². The smallest absolute Gasteiger partial charge is 0.146 e. The molecule has 24 heavy (non-hydrogen) atoms. The number of nitrogens with one attached hydrogen (secondary N) is 1. The molecule has 0 amide bonds. The van der Waals surface area contributed by atoms with Crippen LogP contribution in [0.4, 0.5) is 15.9 Å². The van der Waals surface area contributed by atoms with Crippen LogP contribution < -0.4 is 10.2 Å². The van der Waals surface area contributed by atoms with E-state index < -0.39 is 0 Å². The second-order valence-corrected chi connectivity index (χ2v) is 6.84. The van der Waals surface area contributed by atoms with Crippen LogP contribution >= 0.6 is 15.9 Å². The maximum absolute atomic E-state index is 14.5. The van der Waals surface area contributed by atoms with Gasteiger partial charge in [0.25, 0.3) is 0 Å². The van der Waals surface area contributed by atoms with Gasteiger partial charge in [-0.05, 0) is 52.3 Å². The summed E-state index contributed by atoms with van der Waals surface area (Å²) in [6, 6.07) is 9.31. The third-order valence-corrected chi connectivity index (χ3v) is 4.84. The molecule has 0 bridgehead atoms. The summed E-state index contributed by atoms with van der Waals surface area (Å²) in [5.74, 6) is 0.626. The first-order valence-electron chi connectivity index (χ1n) is 8.27. The van der Waals surface area contributed by atoms with Gasteiger partial charge in [0.05, 0.1) is 5.69 Å². The largest absolute Gasteiger partial charge is 0.367 e. The number of likely N-dealkylation sites (N-methyl/N-ethyl adjacent to an activating group) is 1. The fraction of sp³-hybridized carbons (Fsp3) is 0.389. The van der Waals surface area contributed by atoms with Gasteiger partial charge in [-0.25, -0.2) is 9.37 Å². The molecule has 0 atom stereocenters. The molecule has 1 aliphatic heterocycles. The number of piperazine rings is 1. The Morgan fingerprint density at radius 1 is 1.17 bits per heavy atom. The summed E-state index contributed by atoms with van der Waals surface area (Å²) in [4.78, 5) is 8.78. The van der Waals surface area contributed by atoms with Crippen LogP contribution in [0.3, 0.4) is 0 Å². The second kappa shape index (κ2) is 7.94. The number of benzene rings is 1. The molecule has 1 N–H and O–H groups in total. The third-order valence-electron chi connectivity index (χ3n) is 4.37. The number of aromatic nitrogens is 1. The molecule has 1 aromatic heterocycles. The molecule has 1 aliphatic rings. The van der Waals surface area contributed by atoms with Crippen molar-refractivity contribution in [2.24, 2.45) is 0 Å². The Balaban J connectivity index is 1.61. The summed E-state index contributed by atoms with van der Waals surface area (Å²) in [7, 11) is 0. The minimum atomic E-state index is -0.150. The van der Waals surface area contributed by atoms with E-state index in [4.69, 9.17) is 0 Å². The summed E-state index contributed by atoms with van der Waals surface area (Å²) in [5, 5.41) is 3.21. The Bertz CT molecular complexity index is 669. The summed E-state index contributed by atoms with van der Waals surface area (Å²) < 4.78 is 15.4. The molecule has 3 rings (SSSR count). The van der Waals surface area contributed by atoms with Crippen LogP contribution in [0.1, 0.15) is 12.5 Å². The van der Waals surface area contributed by atoms with E-state index >= 15 is 0 Å². The van der Waals surface area contributed by atoms with Crippen molar-refractivity contribution < 1.29 is 4.39 Å². The molecule has 0 unspecified atom stereocenters. The van der Waals surface area contributed by atoms with E-state index in [2.05, 4.69) is 43.0 Å². The van der Waals surface area contributed by atoms with Crippen molar-refractivity contribution >= 4 is 27.4 Å². The molecule has 0 saturated carbocycles. The molecule has 0 aliphatic carbocycles. The van der Waals surface area contributed by atoms with E-state index in [0.29, 0.717) is 12.2 Å². The van der Waals surface area contributed by atoms with Crippen LogP contribution in [0.25, 0.3) is 0 Å². The molecule has 0 radical (unpaired) electrons. The van der Waals surface area contributed by atoms with Gasteiger partial charge in [0.15, 0.2) is 0 Å². The highest BCUT2D eigenvalue weighted by molar-refractivity contribution is 9.10. The van der Waals surface area contributed by atoms with E-state index in [1.54, 1.807) is 12.3 Å². The molecule has 1 aromatic carbocycles. The number of pyridine rings is 1. The summed E-state index contributed by atoms with van der Waals surface area (Å²) in [5.41, 5.74) is 1.62. The zero-order valence-electron chi connectivity index (χ0n) is 13.8. The minimum Gasteiger partial charge on any atom is -0.367 e. The fourth-order valence-electron chi connectivity index (χ4n) is 2.89. The normalized spacial score (nSPS) is 15.5. The lowest BCUT2D eigenvalue weighted by Crippen LogP contribution is -2.46. The lowest BCUT2D eigenvalue weighted by Gasteiger charge is -2.35. The number of halogens is 2. The van der Waals surface area contributed by atoms with Crippen molar-refractivity contribution in [3.05, 3.63) is 52.4 Å². The zero-order chi connectivity index (χ0) is 16.9. The van der Waals surface area contributed by atoms with Gasteiger partial charge < -0.3 is 15.1 Å². The van der Waals surface area contributed by atoms with Crippen molar-refractivity contribution in [1.82, 2.24) is 9.88 Å². The molecule has 6 heteroatoms. The SMILES string of the molecule is CCN1CCN(c2ccc(CNc3ccc(Br)cn3)cc2F)CC1. The van der Waals surface area contributed by atoms with Crippen molar-refractivity contribution in [3.63, 3.8) is 0 Å². The Kier molecular flexibility index (Phi) is 5.68. The Morgan fingerprint density at radius 3 is 2.58 bits per heavy atom. The molecular weight excluding hydrogens is 371 g/mol. The first-order valence-corrected chi connectivity index (χ1v) is 9.06. The number of rotatable bonds is 5. The van der Waals surface area contributed by atoms with Crippen molar-refractivity contribution in [1.29, 1.82) is 0 Å². The summed E-state index contributed by atoms with van der Waals surface area (Å²) >= 11 is 3.36. The monoisotopic (exact) mass is 392 g/mol. The zero-order valence-corrected chi connectivity index (χ0v) is 15.4. The van der Waals surface area contributed by atoms with Crippen molar-refractivity contribution in [2.45, 2.75) is 13.5 Å². The summed E-state index contributed by atoms with van der Waals surface area (Å²) in [6.45, 7) is 7.53. The molecule has 128 valence electrons. The molecule has 4 nitrogen and oxygen atoms in total. The van der Waals surface area contributed by atoms with Crippen LogP contribution in [-0.4, -0.2) is 42.6 Å². The fourth-order valence-corrected chi connectivity index (χ4v) is 3.13. The number of anilines is 2. The average molecular weight is 393 g/mol. The maximum atomic E-state index is 14.5. The van der Waals surface area contributed by atoms with E-state index in [0.717, 1.165) is 48.6 Å². The molecule has 0 spiro atoms. The van der Waals surface area contributed by atoms with Gasteiger partial charge in [-0.3, -0.25) is 0 Å². The van der Waals surface area contributed by atoms with Gasteiger partial charge in [-0.15, -0.1) is 0 Å². The van der Waals surface area contributed by atoms with Crippen LogP contribution in [0, 0.1) is 5.82 Å². The van der Waals surface area contributed by atoms with Crippen molar-refractivity contribution in [2.75, 3.05) is 42.9 Å². The predicted octanol–water partition coefficient (Wildman–Crippen LogP) is 3.74. The molecule has 2 aromatic rings. The van der Waals surface area contributed by atoms with Crippen molar-refractivity contribution in [3.8, 4) is 0 Å². The molecule has 1 fully saturated rings. The van der Waals surface area contributed by atoms with Gasteiger partial charge >= 0.3 is 0 Å². The van der Waals surface area contributed by atoms with Crippen LogP contribution in [0.15, 0.2) is 41.0 Å². The van der Waals surface area contributed by atoms with E-state index in [1.165, 1.54) is 0 Å². The number of nitrogens with zero attached hydrogens (tertiary/aromatic N) is 3. The standard InChI is InChI=1S/C18H22BrFN4/c1-2-23-7-9-24(10-8-23)17-5-3-14(11-16(17)20)12-21-18-6-4-15(19)13-22-18/h3-6,11,13H,2,7-10,12H2,1H3,(H,21,22).